The van der Waals surface area contributed by atoms with E-state index in [9.17, 15) is 9.59 Å². The van der Waals surface area contributed by atoms with E-state index in [1.165, 1.54) is 0 Å². The van der Waals surface area contributed by atoms with Gasteiger partial charge in [-0.2, -0.15) is 10.2 Å². The Kier molecular flexibility index (Phi) is 8.39. The molecule has 2 aliphatic rings. The van der Waals surface area contributed by atoms with Gasteiger partial charge >= 0.3 is 12.2 Å². The largest absolute Gasteiger partial charge is 0.444 e. The molecule has 0 aliphatic carbocycles. The van der Waals surface area contributed by atoms with Gasteiger partial charge in [-0.3, -0.25) is 20.0 Å². The minimum atomic E-state index is -0.534. The lowest BCUT2D eigenvalue weighted by Gasteiger charge is -2.27. The van der Waals surface area contributed by atoms with E-state index < -0.39 is 11.2 Å². The summed E-state index contributed by atoms with van der Waals surface area (Å²) in [7, 11) is 0. The fourth-order valence-corrected chi connectivity index (χ4v) is 6.22. The van der Waals surface area contributed by atoms with Gasteiger partial charge in [0.05, 0.1) is 34.9 Å². The van der Waals surface area contributed by atoms with Gasteiger partial charge in [0.25, 0.3) is 0 Å². The number of likely N-dealkylation sites (tertiary alicyclic amines) is 2. The Balaban J connectivity index is 1.11. The zero-order valence-electron chi connectivity index (χ0n) is 27.6. The summed E-state index contributed by atoms with van der Waals surface area (Å²) >= 11 is 0. The van der Waals surface area contributed by atoms with Gasteiger partial charge in [0, 0.05) is 13.1 Å². The molecule has 2 atom stereocenters. The number of carbonyl (C=O) groups is 2. The molecule has 242 valence electrons. The number of aromatic nitrogens is 4. The van der Waals surface area contributed by atoms with Crippen LogP contribution in [0.2, 0.25) is 0 Å². The average Bonchev–Trinajstić information content (AvgIpc) is 3.82. The Labute approximate surface area is 270 Å². The summed E-state index contributed by atoms with van der Waals surface area (Å²) in [5.41, 5.74) is 6.72. The molecule has 2 fully saturated rings. The number of hydrogen-bond acceptors (Lipinski definition) is 6. The molecule has 0 saturated carbocycles. The molecule has 0 unspecified atom stereocenters. The molecule has 10 nitrogen and oxygen atoms in total. The lowest BCUT2D eigenvalue weighted by Crippen LogP contribution is -2.36. The highest BCUT2D eigenvalue weighted by Gasteiger charge is 2.36. The van der Waals surface area contributed by atoms with Crippen molar-refractivity contribution in [3.05, 3.63) is 72.1 Å². The quantitative estimate of drug-likeness (QED) is 0.231. The van der Waals surface area contributed by atoms with Gasteiger partial charge in [-0.1, -0.05) is 48.5 Å². The summed E-state index contributed by atoms with van der Waals surface area (Å²) in [5, 5.41) is 15.5. The SMILES string of the molecule is CC(C)(C)OC(=O)N1CCC[C@H]1c1cc(-c2ccc(-c3ccc(-c4cc([C@@H]5CCCN5C(=O)OC(C)(C)C)n[nH]4)cc3)cc2)[nH]n1. The number of amides is 2. The zero-order chi connectivity index (χ0) is 32.6. The second-order valence-corrected chi connectivity index (χ2v) is 14.2. The second kappa shape index (κ2) is 12.3. The summed E-state index contributed by atoms with van der Waals surface area (Å²) in [6.07, 6.45) is 3.00. The van der Waals surface area contributed by atoms with E-state index in [1.54, 1.807) is 9.80 Å². The first-order valence-electron chi connectivity index (χ1n) is 16.2. The molecule has 2 aromatic carbocycles. The van der Waals surface area contributed by atoms with E-state index in [2.05, 4.69) is 68.9 Å². The van der Waals surface area contributed by atoms with Gasteiger partial charge in [0.1, 0.15) is 11.2 Å². The Bertz CT molecular complexity index is 1550. The highest BCUT2D eigenvalue weighted by molar-refractivity contribution is 5.73. The van der Waals surface area contributed by atoms with Crippen molar-refractivity contribution in [3.8, 4) is 33.6 Å². The molecule has 2 amide bonds. The van der Waals surface area contributed by atoms with Crippen LogP contribution in [0.25, 0.3) is 33.6 Å². The van der Waals surface area contributed by atoms with Crippen molar-refractivity contribution < 1.29 is 19.1 Å². The molecule has 0 spiro atoms. The highest BCUT2D eigenvalue weighted by Crippen LogP contribution is 2.36. The van der Waals surface area contributed by atoms with Crippen molar-refractivity contribution in [1.29, 1.82) is 0 Å². The Morgan fingerprint density at radius 1 is 0.630 bits per heavy atom. The number of benzene rings is 2. The Morgan fingerprint density at radius 3 is 1.33 bits per heavy atom. The lowest BCUT2D eigenvalue weighted by molar-refractivity contribution is 0.0211. The van der Waals surface area contributed by atoms with Gasteiger partial charge < -0.3 is 9.47 Å². The molecule has 46 heavy (non-hydrogen) atoms. The minimum Gasteiger partial charge on any atom is -0.444 e. The van der Waals surface area contributed by atoms with E-state index in [4.69, 9.17) is 9.47 Å². The number of aromatic amines is 2. The molecule has 2 N–H and O–H groups in total. The van der Waals surface area contributed by atoms with Gasteiger partial charge in [-0.05, 0) is 102 Å². The van der Waals surface area contributed by atoms with E-state index in [0.717, 1.165) is 70.7 Å². The predicted octanol–water partition coefficient (Wildman–Crippen LogP) is 8.28. The molecule has 6 rings (SSSR count). The third-order valence-electron chi connectivity index (χ3n) is 8.36. The van der Waals surface area contributed by atoms with E-state index in [0.29, 0.717) is 13.1 Å². The Morgan fingerprint density at radius 2 is 0.978 bits per heavy atom. The molecular weight excluding hydrogens is 580 g/mol. The van der Waals surface area contributed by atoms with E-state index in [-0.39, 0.29) is 24.3 Å². The predicted molar refractivity (Wildman–Crippen MR) is 177 cm³/mol. The average molecular weight is 625 g/mol. The summed E-state index contributed by atoms with van der Waals surface area (Å²) in [6, 6.07) is 20.6. The normalized spacial score (nSPS) is 18.7. The standard InChI is InChI=1S/C36H44N6O4/c1-35(2,3)45-33(43)41-19-7-9-31(41)29-21-27(37-39-29)25-15-11-23(12-16-25)24-13-17-26(18-14-24)28-22-30(40-38-28)32-10-8-20-42(32)34(44)46-36(4,5)6/h11-18,21-22,31-32H,7-10,19-20H2,1-6H3,(H,37,39)(H,38,40)/t31-,32-/m0/s1. The molecule has 2 aliphatic heterocycles. The fraction of sp³-hybridized carbons (Fsp3) is 0.444. The zero-order valence-corrected chi connectivity index (χ0v) is 27.6. The molecule has 10 heteroatoms. The van der Waals surface area contributed by atoms with Crippen molar-refractivity contribution >= 4 is 12.2 Å². The molecule has 2 aromatic heterocycles. The first-order chi connectivity index (χ1) is 21.8. The van der Waals surface area contributed by atoms with Crippen LogP contribution in [0.15, 0.2) is 60.7 Å². The highest BCUT2D eigenvalue weighted by atomic mass is 16.6. The van der Waals surface area contributed by atoms with Gasteiger partial charge in [-0.15, -0.1) is 0 Å². The first-order valence-corrected chi connectivity index (χ1v) is 16.2. The minimum absolute atomic E-state index is 0.0920. The van der Waals surface area contributed by atoms with Crippen molar-refractivity contribution in [2.75, 3.05) is 13.1 Å². The van der Waals surface area contributed by atoms with Crippen LogP contribution in [0.3, 0.4) is 0 Å². The van der Waals surface area contributed by atoms with Crippen LogP contribution in [-0.2, 0) is 9.47 Å². The second-order valence-electron chi connectivity index (χ2n) is 14.2. The number of H-pyrrole nitrogens is 2. The van der Waals surface area contributed by atoms with Gasteiger partial charge in [-0.25, -0.2) is 9.59 Å². The van der Waals surface area contributed by atoms with Crippen LogP contribution in [0.4, 0.5) is 9.59 Å². The molecule has 0 bridgehead atoms. The molecule has 2 saturated heterocycles. The number of hydrogen-bond donors (Lipinski definition) is 2. The third kappa shape index (κ3) is 6.95. The summed E-state index contributed by atoms with van der Waals surface area (Å²) in [6.45, 7) is 12.6. The van der Waals surface area contributed by atoms with Crippen molar-refractivity contribution in [1.82, 2.24) is 30.2 Å². The lowest BCUT2D eigenvalue weighted by atomic mass is 10.0. The maximum atomic E-state index is 12.8. The maximum absolute atomic E-state index is 12.8. The number of nitrogens with zero attached hydrogens (tertiary/aromatic N) is 4. The summed E-state index contributed by atoms with van der Waals surface area (Å²) < 4.78 is 11.3. The van der Waals surface area contributed by atoms with Crippen LogP contribution < -0.4 is 0 Å². The van der Waals surface area contributed by atoms with Crippen molar-refractivity contribution in [2.24, 2.45) is 0 Å². The first kappa shape index (κ1) is 31.4. The summed E-state index contributed by atoms with van der Waals surface area (Å²) in [5.74, 6) is 0. The number of nitrogens with one attached hydrogen (secondary N) is 2. The van der Waals surface area contributed by atoms with Crippen molar-refractivity contribution in [2.45, 2.75) is 90.5 Å². The van der Waals surface area contributed by atoms with Crippen LogP contribution >= 0.6 is 0 Å². The fourth-order valence-electron chi connectivity index (χ4n) is 6.22. The maximum Gasteiger partial charge on any atom is 0.410 e. The molecule has 4 heterocycles. The smallest absolute Gasteiger partial charge is 0.410 e. The molecule has 4 aromatic rings. The van der Waals surface area contributed by atoms with E-state index in [1.807, 2.05) is 53.7 Å². The Hall–Kier alpha value is -4.60. The third-order valence-corrected chi connectivity index (χ3v) is 8.36. The molecular formula is C36H44N6O4. The topological polar surface area (TPSA) is 116 Å². The van der Waals surface area contributed by atoms with Crippen LogP contribution in [-0.4, -0.2) is 66.7 Å². The van der Waals surface area contributed by atoms with Crippen molar-refractivity contribution in [3.63, 3.8) is 0 Å². The number of carbonyl (C=O) groups excluding carboxylic acids is 2. The van der Waals surface area contributed by atoms with Gasteiger partial charge in [0.2, 0.25) is 0 Å². The van der Waals surface area contributed by atoms with E-state index >= 15 is 0 Å². The van der Waals surface area contributed by atoms with Crippen LogP contribution in [0, 0.1) is 0 Å². The van der Waals surface area contributed by atoms with Gasteiger partial charge in [0.15, 0.2) is 0 Å². The number of rotatable bonds is 5. The summed E-state index contributed by atoms with van der Waals surface area (Å²) in [4.78, 5) is 29.1. The number of ether oxygens (including phenoxy) is 2. The monoisotopic (exact) mass is 624 g/mol. The van der Waals surface area contributed by atoms with Crippen LogP contribution in [0.5, 0.6) is 0 Å². The molecule has 0 radical (unpaired) electrons. The van der Waals surface area contributed by atoms with Crippen LogP contribution in [0.1, 0.15) is 90.7 Å².